The SMILES string of the molecule is CCCCCCCC/C=C\C/C=C\CCC(=O)OC(COC(=O)CCCCCCC/C=C\CCCCCCCCC)COC(=O)CCCCCCCCCCCCCCC. The average molecular weight is 843 g/mol. The molecule has 0 aliphatic carbocycles. The van der Waals surface area contributed by atoms with E-state index < -0.39 is 6.10 Å². The fourth-order valence-electron chi connectivity index (χ4n) is 7.43. The fraction of sp³-hybridized carbons (Fsp3) is 0.833. The minimum absolute atomic E-state index is 0.0942. The first-order valence-corrected chi connectivity index (χ1v) is 26.0. The monoisotopic (exact) mass is 843 g/mol. The maximum atomic E-state index is 12.7. The van der Waals surface area contributed by atoms with E-state index in [1.807, 2.05) is 6.08 Å². The third-order valence-corrected chi connectivity index (χ3v) is 11.4. The van der Waals surface area contributed by atoms with E-state index in [4.69, 9.17) is 14.2 Å². The van der Waals surface area contributed by atoms with Crippen molar-refractivity contribution in [3.8, 4) is 0 Å². The summed E-state index contributed by atoms with van der Waals surface area (Å²) in [6.45, 7) is 6.59. The lowest BCUT2D eigenvalue weighted by atomic mass is 10.0. The van der Waals surface area contributed by atoms with Gasteiger partial charge in [0.05, 0.1) is 0 Å². The molecule has 0 fully saturated rings. The molecule has 350 valence electrons. The van der Waals surface area contributed by atoms with Crippen LogP contribution in [0.15, 0.2) is 36.5 Å². The number of ether oxygens (including phenoxy) is 3. The molecule has 0 rings (SSSR count). The number of hydrogen-bond acceptors (Lipinski definition) is 6. The van der Waals surface area contributed by atoms with Crippen LogP contribution < -0.4 is 0 Å². The highest BCUT2D eigenvalue weighted by molar-refractivity contribution is 5.71. The highest BCUT2D eigenvalue weighted by atomic mass is 16.6. The molecule has 0 aliphatic rings. The smallest absolute Gasteiger partial charge is 0.306 e. The second-order valence-corrected chi connectivity index (χ2v) is 17.4. The van der Waals surface area contributed by atoms with Gasteiger partial charge in [-0.15, -0.1) is 0 Å². The summed E-state index contributed by atoms with van der Waals surface area (Å²) in [7, 11) is 0. The number of unbranched alkanes of at least 4 members (excludes halogenated alkanes) is 30. The summed E-state index contributed by atoms with van der Waals surface area (Å²) >= 11 is 0. The second kappa shape index (κ2) is 49.3. The molecular formula is C54H98O6. The first-order valence-electron chi connectivity index (χ1n) is 26.0. The molecular weight excluding hydrogens is 745 g/mol. The minimum atomic E-state index is -0.801. The van der Waals surface area contributed by atoms with Crippen LogP contribution in [0.3, 0.4) is 0 Å². The molecule has 0 radical (unpaired) electrons. The highest BCUT2D eigenvalue weighted by Crippen LogP contribution is 2.15. The number of rotatable bonds is 47. The second-order valence-electron chi connectivity index (χ2n) is 17.4. The van der Waals surface area contributed by atoms with Crippen LogP contribution in [0.1, 0.15) is 271 Å². The van der Waals surface area contributed by atoms with Crippen molar-refractivity contribution in [1.82, 2.24) is 0 Å². The van der Waals surface area contributed by atoms with Gasteiger partial charge in [-0.05, 0) is 64.2 Å². The Morgan fingerprint density at radius 2 is 0.633 bits per heavy atom. The summed E-state index contributed by atoms with van der Waals surface area (Å²) in [5.41, 5.74) is 0. The van der Waals surface area contributed by atoms with Crippen molar-refractivity contribution in [2.75, 3.05) is 13.2 Å². The summed E-state index contributed by atoms with van der Waals surface area (Å²) in [5, 5.41) is 0. The molecule has 0 aromatic heterocycles. The number of carbonyl (C=O) groups excluding carboxylic acids is 3. The van der Waals surface area contributed by atoms with E-state index in [2.05, 4.69) is 51.2 Å². The number of carbonyl (C=O) groups is 3. The van der Waals surface area contributed by atoms with Crippen LogP contribution >= 0.6 is 0 Å². The molecule has 1 atom stereocenters. The summed E-state index contributed by atoms with van der Waals surface area (Å²) < 4.78 is 16.7. The van der Waals surface area contributed by atoms with Crippen LogP contribution in [0.25, 0.3) is 0 Å². The van der Waals surface area contributed by atoms with Gasteiger partial charge >= 0.3 is 17.9 Å². The zero-order valence-electron chi connectivity index (χ0n) is 40.0. The van der Waals surface area contributed by atoms with Gasteiger partial charge in [0, 0.05) is 19.3 Å². The van der Waals surface area contributed by atoms with Crippen molar-refractivity contribution in [2.24, 2.45) is 0 Å². The van der Waals surface area contributed by atoms with Gasteiger partial charge in [-0.1, -0.05) is 224 Å². The molecule has 0 amide bonds. The maximum Gasteiger partial charge on any atom is 0.306 e. The molecule has 0 heterocycles. The van der Waals surface area contributed by atoms with Gasteiger partial charge < -0.3 is 14.2 Å². The van der Waals surface area contributed by atoms with E-state index in [1.54, 1.807) is 0 Å². The van der Waals surface area contributed by atoms with Crippen LogP contribution in [0, 0.1) is 0 Å². The molecule has 0 spiro atoms. The number of hydrogen-bond donors (Lipinski definition) is 0. The standard InChI is InChI=1S/C54H98O6/c1-4-7-10-13-16-19-22-25-26-27-30-32-35-38-41-44-47-53(56)59-50-51(60-54(57)48-45-42-39-36-33-29-24-21-18-15-12-9-6-3)49-58-52(55)46-43-40-37-34-31-28-23-20-17-14-11-8-5-2/h26-27,29,33,39,42,51H,4-25,28,30-32,34-38,40-41,43-50H2,1-3H3/b27-26-,33-29-,42-39-. The summed E-state index contributed by atoms with van der Waals surface area (Å²) in [4.78, 5) is 37.9. The molecule has 0 aliphatic heterocycles. The normalized spacial score (nSPS) is 12.2. The van der Waals surface area contributed by atoms with Crippen molar-refractivity contribution in [1.29, 1.82) is 0 Å². The van der Waals surface area contributed by atoms with Gasteiger partial charge in [0.15, 0.2) is 6.10 Å². The maximum absolute atomic E-state index is 12.7. The lowest BCUT2D eigenvalue weighted by Gasteiger charge is -2.18. The van der Waals surface area contributed by atoms with Gasteiger partial charge in [-0.25, -0.2) is 0 Å². The molecule has 0 saturated carbocycles. The molecule has 6 nitrogen and oxygen atoms in total. The number of allylic oxidation sites excluding steroid dienone is 6. The zero-order valence-corrected chi connectivity index (χ0v) is 40.0. The van der Waals surface area contributed by atoms with E-state index in [0.717, 1.165) is 57.8 Å². The van der Waals surface area contributed by atoms with Crippen LogP contribution in [0.4, 0.5) is 0 Å². The minimum Gasteiger partial charge on any atom is -0.462 e. The Morgan fingerprint density at radius 3 is 1.00 bits per heavy atom. The van der Waals surface area contributed by atoms with E-state index in [1.165, 1.54) is 167 Å². The summed E-state index contributed by atoms with van der Waals surface area (Å²) in [6.07, 6.45) is 57.1. The first kappa shape index (κ1) is 57.6. The predicted octanol–water partition coefficient (Wildman–Crippen LogP) is 16.9. The van der Waals surface area contributed by atoms with Gasteiger partial charge in [-0.3, -0.25) is 14.4 Å². The van der Waals surface area contributed by atoms with E-state index in [9.17, 15) is 14.4 Å². The molecule has 6 heteroatoms. The predicted molar refractivity (Wildman–Crippen MR) is 256 cm³/mol. The Bertz CT molecular complexity index is 1020. The Hall–Kier alpha value is -2.37. The molecule has 60 heavy (non-hydrogen) atoms. The van der Waals surface area contributed by atoms with Crippen molar-refractivity contribution in [2.45, 2.75) is 277 Å². The number of esters is 3. The van der Waals surface area contributed by atoms with Gasteiger partial charge in [-0.2, -0.15) is 0 Å². The molecule has 0 aromatic carbocycles. The van der Waals surface area contributed by atoms with Gasteiger partial charge in [0.1, 0.15) is 13.2 Å². The first-order chi connectivity index (χ1) is 29.5. The molecule has 0 bridgehead atoms. The Morgan fingerprint density at radius 1 is 0.333 bits per heavy atom. The van der Waals surface area contributed by atoms with Crippen LogP contribution in [-0.4, -0.2) is 37.2 Å². The van der Waals surface area contributed by atoms with Crippen molar-refractivity contribution >= 4 is 17.9 Å². The third kappa shape index (κ3) is 46.7. The summed E-state index contributed by atoms with van der Waals surface area (Å²) in [5.74, 6) is -0.962. The van der Waals surface area contributed by atoms with Crippen LogP contribution in [-0.2, 0) is 28.6 Å². The molecule has 1 unspecified atom stereocenters. The fourth-order valence-corrected chi connectivity index (χ4v) is 7.43. The summed E-state index contributed by atoms with van der Waals surface area (Å²) in [6, 6.07) is 0. The average Bonchev–Trinajstić information content (AvgIpc) is 3.24. The van der Waals surface area contributed by atoms with Crippen LogP contribution in [0.2, 0.25) is 0 Å². The Labute approximate surface area is 372 Å². The Balaban J connectivity index is 4.41. The van der Waals surface area contributed by atoms with Crippen molar-refractivity contribution < 1.29 is 28.6 Å². The Kier molecular flexibility index (Phi) is 47.3. The van der Waals surface area contributed by atoms with Gasteiger partial charge in [0.25, 0.3) is 0 Å². The quantitative estimate of drug-likeness (QED) is 0.0263. The van der Waals surface area contributed by atoms with Crippen LogP contribution in [0.5, 0.6) is 0 Å². The van der Waals surface area contributed by atoms with E-state index in [0.29, 0.717) is 19.3 Å². The molecule has 0 saturated heterocycles. The highest BCUT2D eigenvalue weighted by Gasteiger charge is 2.19. The lowest BCUT2D eigenvalue weighted by Crippen LogP contribution is -2.30. The van der Waals surface area contributed by atoms with E-state index >= 15 is 0 Å². The molecule has 0 N–H and O–H groups in total. The largest absolute Gasteiger partial charge is 0.462 e. The topological polar surface area (TPSA) is 78.9 Å². The third-order valence-electron chi connectivity index (χ3n) is 11.4. The van der Waals surface area contributed by atoms with E-state index in [-0.39, 0.29) is 37.5 Å². The zero-order chi connectivity index (χ0) is 43.7. The van der Waals surface area contributed by atoms with Gasteiger partial charge in [0.2, 0.25) is 0 Å². The molecule has 0 aromatic rings. The van der Waals surface area contributed by atoms with Crippen molar-refractivity contribution in [3.05, 3.63) is 36.5 Å². The van der Waals surface area contributed by atoms with Crippen molar-refractivity contribution in [3.63, 3.8) is 0 Å². The lowest BCUT2D eigenvalue weighted by molar-refractivity contribution is -0.166.